The molecule has 1 aliphatic heterocycles. The van der Waals surface area contributed by atoms with E-state index in [1.54, 1.807) is 0 Å². The number of aromatic nitrogens is 2. The highest BCUT2D eigenvalue weighted by molar-refractivity contribution is 5.68. The van der Waals surface area contributed by atoms with Crippen molar-refractivity contribution in [1.82, 2.24) is 9.55 Å². The van der Waals surface area contributed by atoms with Crippen LogP contribution in [0.4, 0.5) is 0 Å². The first-order chi connectivity index (χ1) is 12.4. The van der Waals surface area contributed by atoms with Gasteiger partial charge in [-0.3, -0.25) is 0 Å². The molecule has 4 fully saturated rings. The van der Waals surface area contributed by atoms with Crippen LogP contribution in [0.25, 0.3) is 11.3 Å². The van der Waals surface area contributed by atoms with E-state index in [0.29, 0.717) is 25.2 Å². The summed E-state index contributed by atoms with van der Waals surface area (Å²) >= 11 is 0. The van der Waals surface area contributed by atoms with Crippen LogP contribution in [0.5, 0.6) is 0 Å². The molecule has 0 saturated heterocycles. The van der Waals surface area contributed by atoms with Crippen molar-refractivity contribution in [2.24, 2.45) is 11.3 Å². The maximum absolute atomic E-state index is 11.4. The molecule has 5 nitrogen and oxygen atoms in total. The molecule has 26 heavy (non-hydrogen) atoms. The molecular formula is C21H24N2O3. The van der Waals surface area contributed by atoms with Gasteiger partial charge in [0.2, 0.25) is 0 Å². The summed E-state index contributed by atoms with van der Waals surface area (Å²) in [4.78, 5) is 4.30. The number of fused-ring (bicyclic) bond motifs is 3. The predicted molar refractivity (Wildman–Crippen MR) is 95.3 cm³/mol. The average molecular weight is 352 g/mol. The molecule has 3 N–H and O–H groups in total. The van der Waals surface area contributed by atoms with E-state index in [2.05, 4.69) is 21.7 Å². The maximum atomic E-state index is 11.4. The van der Waals surface area contributed by atoms with Crippen LogP contribution in [0.2, 0.25) is 0 Å². The van der Waals surface area contributed by atoms with Crippen molar-refractivity contribution in [2.45, 2.75) is 61.9 Å². The number of imidazole rings is 1. The normalized spacial score (nSPS) is 42.9. The number of benzene rings is 1. The highest BCUT2D eigenvalue weighted by Crippen LogP contribution is 2.70. The molecule has 4 saturated carbocycles. The third-order valence-electron chi connectivity index (χ3n) is 7.82. The molecule has 136 valence electrons. The van der Waals surface area contributed by atoms with Gasteiger partial charge in [0, 0.05) is 17.4 Å². The van der Waals surface area contributed by atoms with Crippen LogP contribution in [0.3, 0.4) is 0 Å². The van der Waals surface area contributed by atoms with Gasteiger partial charge in [-0.05, 0) is 43.6 Å². The summed E-state index contributed by atoms with van der Waals surface area (Å²) in [5, 5.41) is 33.5. The standard InChI is InChI=1S/C21H24N2O3/c24-18(20-7-13-6-19(25,10-20)11-21(20,26)8-13)5-16-14-3-1-2-4-15(14)17-9-22-12-23(16)17/h1-4,9,12-13,16,18,24-26H,5-8,10-11H2. The van der Waals surface area contributed by atoms with Crippen LogP contribution in [-0.2, 0) is 0 Å². The van der Waals surface area contributed by atoms with E-state index in [1.165, 1.54) is 11.1 Å². The van der Waals surface area contributed by atoms with E-state index in [0.717, 1.165) is 25.0 Å². The van der Waals surface area contributed by atoms with Gasteiger partial charge < -0.3 is 19.9 Å². The number of hydrogen-bond acceptors (Lipinski definition) is 4. The van der Waals surface area contributed by atoms with Crippen LogP contribution in [0.1, 0.15) is 50.1 Å². The first-order valence-corrected chi connectivity index (χ1v) is 9.67. The first-order valence-electron chi connectivity index (χ1n) is 9.67. The van der Waals surface area contributed by atoms with Crippen molar-refractivity contribution < 1.29 is 15.3 Å². The fourth-order valence-electron chi connectivity index (χ4n) is 7.14. The van der Waals surface area contributed by atoms with E-state index in [9.17, 15) is 15.3 Å². The molecule has 7 rings (SSSR count). The molecule has 6 atom stereocenters. The molecule has 5 heteroatoms. The van der Waals surface area contributed by atoms with Crippen LogP contribution in [0.15, 0.2) is 36.8 Å². The molecular weight excluding hydrogens is 328 g/mol. The van der Waals surface area contributed by atoms with Crippen molar-refractivity contribution in [3.05, 3.63) is 42.4 Å². The van der Waals surface area contributed by atoms with Gasteiger partial charge in [0.05, 0.1) is 41.6 Å². The Bertz CT molecular complexity index is 910. The second kappa shape index (κ2) is 4.58. The Labute approximate surface area is 152 Å². The molecule has 0 spiro atoms. The number of nitrogens with zero attached hydrogens (tertiary/aromatic N) is 2. The van der Waals surface area contributed by atoms with Crippen molar-refractivity contribution in [3.8, 4) is 11.3 Å². The number of aliphatic hydroxyl groups is 3. The Morgan fingerprint density at radius 1 is 1.15 bits per heavy atom. The molecule has 2 heterocycles. The van der Waals surface area contributed by atoms with Crippen molar-refractivity contribution in [1.29, 1.82) is 0 Å². The van der Waals surface area contributed by atoms with Gasteiger partial charge in [-0.1, -0.05) is 24.3 Å². The van der Waals surface area contributed by atoms with Crippen molar-refractivity contribution in [3.63, 3.8) is 0 Å². The summed E-state index contributed by atoms with van der Waals surface area (Å²) in [5.74, 6) is 0.335. The fourth-order valence-corrected chi connectivity index (χ4v) is 7.14. The zero-order valence-corrected chi connectivity index (χ0v) is 14.7. The summed E-state index contributed by atoms with van der Waals surface area (Å²) < 4.78 is 2.14. The Morgan fingerprint density at radius 2 is 2.00 bits per heavy atom. The molecule has 2 aromatic rings. The smallest absolute Gasteiger partial charge is 0.0956 e. The van der Waals surface area contributed by atoms with Crippen LogP contribution < -0.4 is 0 Å². The van der Waals surface area contributed by atoms with Gasteiger partial charge in [0.15, 0.2) is 0 Å². The van der Waals surface area contributed by atoms with E-state index >= 15 is 0 Å². The fraction of sp³-hybridized carbons (Fsp3) is 0.571. The van der Waals surface area contributed by atoms with Crippen LogP contribution >= 0.6 is 0 Å². The number of rotatable bonds is 3. The first kappa shape index (κ1) is 15.4. The molecule has 0 radical (unpaired) electrons. The lowest BCUT2D eigenvalue weighted by molar-refractivity contribution is -0.107. The average Bonchev–Trinajstić information content (AvgIpc) is 3.24. The van der Waals surface area contributed by atoms with Crippen LogP contribution in [-0.4, -0.2) is 42.2 Å². The largest absolute Gasteiger partial charge is 0.392 e. The van der Waals surface area contributed by atoms with E-state index in [4.69, 9.17) is 0 Å². The monoisotopic (exact) mass is 352 g/mol. The minimum absolute atomic E-state index is 0.0319. The van der Waals surface area contributed by atoms with Gasteiger partial charge in [-0.25, -0.2) is 4.98 Å². The SMILES string of the molecule is OC(CC1c2ccccc2-c2cncn21)C12CC3CC(O)(CC1(O)C3)C2. The zero-order valence-electron chi connectivity index (χ0n) is 14.7. The lowest BCUT2D eigenvalue weighted by Gasteiger charge is -2.42. The minimum Gasteiger partial charge on any atom is -0.392 e. The lowest BCUT2D eigenvalue weighted by Crippen LogP contribution is -2.48. The predicted octanol–water partition coefficient (Wildman–Crippen LogP) is 2.26. The Balaban J connectivity index is 1.38. The number of aliphatic hydroxyl groups excluding tert-OH is 1. The third kappa shape index (κ3) is 1.70. The van der Waals surface area contributed by atoms with Gasteiger partial charge >= 0.3 is 0 Å². The van der Waals surface area contributed by atoms with Gasteiger partial charge in [0.1, 0.15) is 0 Å². The van der Waals surface area contributed by atoms with E-state index in [-0.39, 0.29) is 6.04 Å². The third-order valence-corrected chi connectivity index (χ3v) is 7.82. The Hall–Kier alpha value is -1.69. The molecule has 4 bridgehead atoms. The lowest BCUT2D eigenvalue weighted by atomic mass is 9.68. The summed E-state index contributed by atoms with van der Waals surface area (Å²) in [6, 6.07) is 8.33. The topological polar surface area (TPSA) is 78.5 Å². The second-order valence-electron chi connectivity index (χ2n) is 9.28. The Morgan fingerprint density at radius 3 is 2.85 bits per heavy atom. The zero-order chi connectivity index (χ0) is 17.7. The summed E-state index contributed by atoms with van der Waals surface area (Å²) in [6.07, 6.45) is 6.91. The molecule has 1 aromatic carbocycles. The van der Waals surface area contributed by atoms with Crippen molar-refractivity contribution in [2.75, 3.05) is 0 Å². The van der Waals surface area contributed by atoms with E-state index < -0.39 is 22.7 Å². The van der Waals surface area contributed by atoms with Crippen molar-refractivity contribution >= 4 is 0 Å². The number of hydrogen-bond donors (Lipinski definition) is 3. The van der Waals surface area contributed by atoms with Gasteiger partial charge in [-0.15, -0.1) is 0 Å². The summed E-state index contributed by atoms with van der Waals surface area (Å²) in [6.45, 7) is 0. The molecule has 6 unspecified atom stereocenters. The van der Waals surface area contributed by atoms with Crippen LogP contribution in [0, 0.1) is 11.3 Å². The summed E-state index contributed by atoms with van der Waals surface area (Å²) in [5.41, 5.74) is 1.20. The summed E-state index contributed by atoms with van der Waals surface area (Å²) in [7, 11) is 0. The quantitative estimate of drug-likeness (QED) is 0.792. The van der Waals surface area contributed by atoms with Gasteiger partial charge in [0.25, 0.3) is 0 Å². The highest BCUT2D eigenvalue weighted by atomic mass is 16.3. The molecule has 1 aromatic heterocycles. The highest BCUT2D eigenvalue weighted by Gasteiger charge is 2.73. The second-order valence-corrected chi connectivity index (χ2v) is 9.28. The maximum Gasteiger partial charge on any atom is 0.0956 e. The minimum atomic E-state index is -0.917. The Kier molecular flexibility index (Phi) is 2.71. The van der Waals surface area contributed by atoms with Gasteiger partial charge in [-0.2, -0.15) is 0 Å². The molecule has 5 aliphatic rings. The molecule has 0 amide bonds. The molecule has 4 aliphatic carbocycles. The van der Waals surface area contributed by atoms with E-state index in [1.807, 2.05) is 24.7 Å².